The van der Waals surface area contributed by atoms with Gasteiger partial charge in [-0.25, -0.2) is 4.79 Å². The zero-order chi connectivity index (χ0) is 24.2. The fourth-order valence-electron chi connectivity index (χ4n) is 4.57. The average molecular weight is 472 g/mol. The van der Waals surface area contributed by atoms with Crippen LogP contribution in [0.3, 0.4) is 0 Å². The summed E-state index contributed by atoms with van der Waals surface area (Å²) < 4.78 is 41.1. The van der Waals surface area contributed by atoms with Gasteiger partial charge in [0.05, 0.1) is 22.5 Å². The van der Waals surface area contributed by atoms with Gasteiger partial charge in [0.15, 0.2) is 0 Å². The summed E-state index contributed by atoms with van der Waals surface area (Å²) in [6.07, 6.45) is -1.16. The van der Waals surface area contributed by atoms with Crippen molar-refractivity contribution in [2.75, 3.05) is 41.7 Å². The van der Waals surface area contributed by atoms with E-state index in [4.69, 9.17) is 5.73 Å². The van der Waals surface area contributed by atoms with Crippen LogP contribution in [0.4, 0.5) is 30.2 Å². The standard InChI is InChI=1S/C24H23F3N4O3/c25-24(26,27)14-2-1-3-16(10-14)29-6-8-30(9-7-29)21-12-20-17(11-19(21)28)22(32)18(23(33)34)13-31(20)15-4-5-15/h1-3,10-13,15H,4-9,28H2,(H,33,34). The molecule has 1 aliphatic heterocycles. The van der Waals surface area contributed by atoms with Gasteiger partial charge < -0.3 is 25.2 Å². The van der Waals surface area contributed by atoms with Gasteiger partial charge in [-0.3, -0.25) is 4.79 Å². The molecule has 0 spiro atoms. The van der Waals surface area contributed by atoms with Crippen molar-refractivity contribution < 1.29 is 23.1 Å². The maximum absolute atomic E-state index is 13.1. The monoisotopic (exact) mass is 472 g/mol. The Hall–Kier alpha value is -3.69. The van der Waals surface area contributed by atoms with Crippen molar-refractivity contribution in [3.63, 3.8) is 0 Å². The normalized spacial score (nSPS) is 16.8. The SMILES string of the molecule is Nc1cc2c(=O)c(C(=O)O)cn(C3CC3)c2cc1N1CCN(c2cccc(C(F)(F)F)c2)CC1. The molecule has 2 aliphatic rings. The number of fused-ring (bicyclic) bond motifs is 1. The van der Waals surface area contributed by atoms with Gasteiger partial charge in [-0.15, -0.1) is 0 Å². The van der Waals surface area contributed by atoms with Crippen LogP contribution in [0, 0.1) is 0 Å². The molecule has 3 aromatic rings. The van der Waals surface area contributed by atoms with Crippen LogP contribution in [-0.4, -0.2) is 41.8 Å². The van der Waals surface area contributed by atoms with E-state index in [-0.39, 0.29) is 17.0 Å². The Balaban J connectivity index is 1.44. The first-order valence-electron chi connectivity index (χ1n) is 11.0. The minimum Gasteiger partial charge on any atom is -0.477 e. The van der Waals surface area contributed by atoms with Gasteiger partial charge in [-0.05, 0) is 43.2 Å². The molecular formula is C24H23F3N4O3. The number of carbonyl (C=O) groups is 1. The molecule has 0 amide bonds. The van der Waals surface area contributed by atoms with Gasteiger partial charge in [0.2, 0.25) is 5.43 Å². The Bertz CT molecular complexity index is 1340. The first-order valence-corrected chi connectivity index (χ1v) is 11.0. The zero-order valence-corrected chi connectivity index (χ0v) is 18.2. The van der Waals surface area contributed by atoms with Crippen molar-refractivity contribution in [1.29, 1.82) is 0 Å². The summed E-state index contributed by atoms with van der Waals surface area (Å²) in [5.74, 6) is -1.27. The smallest absolute Gasteiger partial charge is 0.416 e. The van der Waals surface area contributed by atoms with Crippen LogP contribution in [0.15, 0.2) is 47.4 Å². The number of alkyl halides is 3. The lowest BCUT2D eigenvalue weighted by Gasteiger charge is -2.38. The number of rotatable bonds is 4. The van der Waals surface area contributed by atoms with E-state index in [9.17, 15) is 27.9 Å². The summed E-state index contributed by atoms with van der Waals surface area (Å²) in [6, 6.07) is 8.82. The van der Waals surface area contributed by atoms with Crippen molar-refractivity contribution in [2.45, 2.75) is 25.1 Å². The van der Waals surface area contributed by atoms with Crippen LogP contribution in [0.1, 0.15) is 34.8 Å². The number of benzene rings is 2. The van der Waals surface area contributed by atoms with E-state index in [0.717, 1.165) is 30.7 Å². The minimum absolute atomic E-state index is 0.149. The lowest BCUT2D eigenvalue weighted by molar-refractivity contribution is -0.137. The summed E-state index contributed by atoms with van der Waals surface area (Å²) in [6.45, 7) is 2.08. The van der Waals surface area contributed by atoms with Gasteiger partial charge in [0.25, 0.3) is 0 Å². The molecule has 7 nitrogen and oxygen atoms in total. The molecule has 3 N–H and O–H groups in total. The Morgan fingerprint density at radius 1 is 1.03 bits per heavy atom. The maximum atomic E-state index is 13.1. The average Bonchev–Trinajstić information content (AvgIpc) is 3.64. The quantitative estimate of drug-likeness (QED) is 0.559. The van der Waals surface area contributed by atoms with Gasteiger partial charge >= 0.3 is 12.1 Å². The lowest BCUT2D eigenvalue weighted by Crippen LogP contribution is -2.46. The Labute approximate surface area is 192 Å². The van der Waals surface area contributed by atoms with Crippen LogP contribution in [0.2, 0.25) is 0 Å². The van der Waals surface area contributed by atoms with E-state index in [0.29, 0.717) is 43.1 Å². The molecule has 5 rings (SSSR count). The van der Waals surface area contributed by atoms with E-state index < -0.39 is 23.1 Å². The van der Waals surface area contributed by atoms with Crippen molar-refractivity contribution >= 4 is 33.9 Å². The van der Waals surface area contributed by atoms with Crippen LogP contribution in [0.25, 0.3) is 10.9 Å². The number of pyridine rings is 1. The van der Waals surface area contributed by atoms with E-state index in [1.54, 1.807) is 6.07 Å². The van der Waals surface area contributed by atoms with Crippen molar-refractivity contribution in [1.82, 2.24) is 4.57 Å². The zero-order valence-electron chi connectivity index (χ0n) is 18.2. The summed E-state index contributed by atoms with van der Waals surface area (Å²) in [5.41, 5.74) is 7.03. The fraction of sp³-hybridized carbons (Fsp3) is 0.333. The number of nitrogens with two attached hydrogens (primary N) is 1. The third-order valence-corrected chi connectivity index (χ3v) is 6.51. The number of nitrogen functional groups attached to an aromatic ring is 1. The number of halogens is 3. The predicted molar refractivity (Wildman–Crippen MR) is 124 cm³/mol. The Morgan fingerprint density at radius 3 is 2.32 bits per heavy atom. The number of aromatic carboxylic acids is 1. The highest BCUT2D eigenvalue weighted by atomic mass is 19.4. The fourth-order valence-corrected chi connectivity index (χ4v) is 4.57. The van der Waals surface area contributed by atoms with E-state index in [1.165, 1.54) is 18.3 Å². The van der Waals surface area contributed by atoms with E-state index in [1.807, 2.05) is 20.4 Å². The van der Waals surface area contributed by atoms with E-state index in [2.05, 4.69) is 0 Å². The molecule has 1 aliphatic carbocycles. The van der Waals surface area contributed by atoms with Crippen molar-refractivity contribution in [2.24, 2.45) is 0 Å². The topological polar surface area (TPSA) is 91.8 Å². The number of carboxylic acid groups (broad SMARTS) is 1. The summed E-state index contributed by atoms with van der Waals surface area (Å²) >= 11 is 0. The third kappa shape index (κ3) is 3.93. The first kappa shape index (κ1) is 22.1. The maximum Gasteiger partial charge on any atom is 0.416 e. The molecule has 0 unspecified atom stereocenters. The second kappa shape index (κ2) is 7.96. The predicted octanol–water partition coefficient (Wildman–Crippen LogP) is 3.96. The van der Waals surface area contributed by atoms with Gasteiger partial charge in [0.1, 0.15) is 5.56 Å². The third-order valence-electron chi connectivity index (χ3n) is 6.51. The molecule has 178 valence electrons. The number of nitrogens with zero attached hydrogens (tertiary/aromatic N) is 3. The van der Waals surface area contributed by atoms with Gasteiger partial charge in [0, 0.05) is 49.5 Å². The minimum atomic E-state index is -4.39. The Morgan fingerprint density at radius 2 is 1.71 bits per heavy atom. The molecule has 34 heavy (non-hydrogen) atoms. The Kier molecular flexibility index (Phi) is 5.18. The van der Waals surface area contributed by atoms with Crippen LogP contribution in [-0.2, 0) is 6.18 Å². The highest BCUT2D eigenvalue weighted by molar-refractivity contribution is 5.96. The van der Waals surface area contributed by atoms with Gasteiger partial charge in [-0.1, -0.05) is 6.07 Å². The molecule has 2 heterocycles. The molecule has 2 fully saturated rings. The number of carboxylic acids is 1. The van der Waals surface area contributed by atoms with Crippen LogP contribution in [0.5, 0.6) is 0 Å². The molecule has 2 aromatic carbocycles. The summed E-state index contributed by atoms with van der Waals surface area (Å²) in [7, 11) is 0. The number of hydrogen-bond donors (Lipinski definition) is 2. The number of piperazine rings is 1. The van der Waals surface area contributed by atoms with Crippen LogP contribution >= 0.6 is 0 Å². The highest BCUT2D eigenvalue weighted by Crippen LogP contribution is 2.39. The molecular weight excluding hydrogens is 449 g/mol. The second-order valence-electron chi connectivity index (χ2n) is 8.77. The first-order chi connectivity index (χ1) is 16.1. The summed E-state index contributed by atoms with van der Waals surface area (Å²) in [5, 5.41) is 9.71. The lowest BCUT2D eigenvalue weighted by atomic mass is 10.1. The summed E-state index contributed by atoms with van der Waals surface area (Å²) in [4.78, 5) is 28.3. The number of anilines is 3. The van der Waals surface area contributed by atoms with E-state index >= 15 is 0 Å². The molecule has 0 radical (unpaired) electrons. The van der Waals surface area contributed by atoms with Crippen molar-refractivity contribution in [3.8, 4) is 0 Å². The molecule has 0 atom stereocenters. The second-order valence-corrected chi connectivity index (χ2v) is 8.77. The van der Waals surface area contributed by atoms with Gasteiger partial charge in [-0.2, -0.15) is 13.2 Å². The molecule has 1 aromatic heterocycles. The largest absolute Gasteiger partial charge is 0.477 e. The van der Waals surface area contributed by atoms with Crippen molar-refractivity contribution in [3.05, 3.63) is 63.9 Å². The van der Waals surface area contributed by atoms with Crippen LogP contribution < -0.4 is 21.0 Å². The molecule has 0 bridgehead atoms. The molecule has 1 saturated heterocycles. The number of hydrogen-bond acceptors (Lipinski definition) is 5. The molecule has 1 saturated carbocycles. The highest BCUT2D eigenvalue weighted by Gasteiger charge is 2.31. The number of aromatic nitrogens is 1. The molecule has 10 heteroatoms.